The maximum Gasteiger partial charge on any atom is 0.0769 e. The van der Waals surface area contributed by atoms with Crippen LogP contribution in [0.25, 0.3) is 5.69 Å². The van der Waals surface area contributed by atoms with E-state index >= 15 is 0 Å². The van der Waals surface area contributed by atoms with Crippen molar-refractivity contribution in [2.75, 3.05) is 6.61 Å². The van der Waals surface area contributed by atoms with Crippen molar-refractivity contribution in [3.8, 4) is 5.69 Å². The molecule has 2 atom stereocenters. The van der Waals surface area contributed by atoms with E-state index in [1.807, 2.05) is 29.1 Å². The standard InChI is InChI=1S/C17H23N3O/c1-14-6-5-9-17(13-21)19(14)12-15-10-11-20(18-15)16-7-3-2-4-8-16/h2-4,7-8,10-11,14,17,21H,5-6,9,12-13H2,1H3. The number of aromatic nitrogens is 2. The van der Waals surface area contributed by atoms with E-state index in [9.17, 15) is 5.11 Å². The van der Waals surface area contributed by atoms with Crippen molar-refractivity contribution in [1.29, 1.82) is 0 Å². The summed E-state index contributed by atoms with van der Waals surface area (Å²) in [5, 5.41) is 14.2. The van der Waals surface area contributed by atoms with E-state index in [-0.39, 0.29) is 12.6 Å². The predicted octanol–water partition coefficient (Wildman–Crippen LogP) is 2.61. The molecule has 1 fully saturated rings. The number of hydrogen-bond acceptors (Lipinski definition) is 3. The largest absolute Gasteiger partial charge is 0.395 e. The van der Waals surface area contributed by atoms with Gasteiger partial charge in [0, 0.05) is 24.8 Å². The number of likely N-dealkylation sites (tertiary alicyclic amines) is 1. The highest BCUT2D eigenvalue weighted by Gasteiger charge is 2.27. The Morgan fingerprint density at radius 2 is 2.00 bits per heavy atom. The molecule has 0 saturated carbocycles. The molecule has 1 aliphatic rings. The molecule has 1 N–H and O–H groups in total. The van der Waals surface area contributed by atoms with Crippen molar-refractivity contribution in [2.45, 2.75) is 44.8 Å². The van der Waals surface area contributed by atoms with E-state index in [4.69, 9.17) is 0 Å². The minimum Gasteiger partial charge on any atom is -0.395 e. The van der Waals surface area contributed by atoms with Crippen LogP contribution in [-0.4, -0.2) is 38.5 Å². The van der Waals surface area contributed by atoms with Crippen molar-refractivity contribution < 1.29 is 5.11 Å². The molecule has 1 aromatic heterocycles. The summed E-state index contributed by atoms with van der Waals surface area (Å²) in [5.41, 5.74) is 2.14. The highest BCUT2D eigenvalue weighted by Crippen LogP contribution is 2.24. The van der Waals surface area contributed by atoms with Crippen molar-refractivity contribution in [3.63, 3.8) is 0 Å². The van der Waals surface area contributed by atoms with Crippen LogP contribution in [0.1, 0.15) is 31.9 Å². The zero-order valence-corrected chi connectivity index (χ0v) is 12.5. The fraction of sp³-hybridized carbons (Fsp3) is 0.471. The Labute approximate surface area is 126 Å². The molecule has 2 unspecified atom stereocenters. The first-order chi connectivity index (χ1) is 10.3. The van der Waals surface area contributed by atoms with E-state index in [1.54, 1.807) is 0 Å². The molecule has 3 rings (SSSR count). The lowest BCUT2D eigenvalue weighted by Gasteiger charge is -2.39. The predicted molar refractivity (Wildman–Crippen MR) is 83.3 cm³/mol. The molecular formula is C17H23N3O. The Morgan fingerprint density at radius 3 is 2.76 bits per heavy atom. The molecule has 1 aromatic carbocycles. The number of piperidine rings is 1. The minimum atomic E-state index is 0.240. The highest BCUT2D eigenvalue weighted by atomic mass is 16.3. The van der Waals surface area contributed by atoms with Crippen molar-refractivity contribution in [1.82, 2.24) is 14.7 Å². The van der Waals surface area contributed by atoms with E-state index in [0.717, 1.165) is 24.3 Å². The number of rotatable bonds is 4. The van der Waals surface area contributed by atoms with Gasteiger partial charge in [0.25, 0.3) is 0 Å². The highest BCUT2D eigenvalue weighted by molar-refractivity contribution is 5.30. The van der Waals surface area contributed by atoms with Crippen LogP contribution in [0.5, 0.6) is 0 Å². The summed E-state index contributed by atoms with van der Waals surface area (Å²) in [6.45, 7) is 3.30. The van der Waals surface area contributed by atoms with Gasteiger partial charge in [-0.3, -0.25) is 4.90 Å². The topological polar surface area (TPSA) is 41.3 Å². The second-order valence-electron chi connectivity index (χ2n) is 5.88. The van der Waals surface area contributed by atoms with Crippen LogP contribution in [0.4, 0.5) is 0 Å². The number of aliphatic hydroxyl groups is 1. The first-order valence-corrected chi connectivity index (χ1v) is 7.74. The van der Waals surface area contributed by atoms with Crippen molar-refractivity contribution >= 4 is 0 Å². The lowest BCUT2D eigenvalue weighted by Crippen LogP contribution is -2.46. The third-order valence-corrected chi connectivity index (χ3v) is 4.41. The summed E-state index contributed by atoms with van der Waals surface area (Å²) < 4.78 is 1.91. The van der Waals surface area contributed by atoms with Gasteiger partial charge in [-0.25, -0.2) is 4.68 Å². The number of nitrogens with zero attached hydrogens (tertiary/aromatic N) is 3. The van der Waals surface area contributed by atoms with Gasteiger partial charge in [0.1, 0.15) is 0 Å². The third kappa shape index (κ3) is 3.17. The van der Waals surface area contributed by atoms with Crippen LogP contribution >= 0.6 is 0 Å². The molecule has 112 valence electrons. The number of hydrogen-bond donors (Lipinski definition) is 1. The van der Waals surface area contributed by atoms with Gasteiger partial charge in [0.15, 0.2) is 0 Å². The molecule has 0 amide bonds. The molecule has 2 heterocycles. The SMILES string of the molecule is CC1CCCC(CO)N1Cc1ccn(-c2ccccc2)n1. The van der Waals surface area contributed by atoms with E-state index in [0.29, 0.717) is 6.04 Å². The van der Waals surface area contributed by atoms with Gasteiger partial charge in [-0.1, -0.05) is 24.6 Å². The number of aliphatic hydroxyl groups excluding tert-OH is 1. The molecule has 0 spiro atoms. The number of benzene rings is 1. The quantitative estimate of drug-likeness (QED) is 0.939. The summed E-state index contributed by atoms with van der Waals surface area (Å²) in [6, 6.07) is 13.0. The van der Waals surface area contributed by atoms with Crippen LogP contribution < -0.4 is 0 Å². The first-order valence-electron chi connectivity index (χ1n) is 7.74. The Balaban J connectivity index is 1.74. The maximum absolute atomic E-state index is 9.57. The van der Waals surface area contributed by atoms with Crippen LogP contribution in [0, 0.1) is 0 Å². The van der Waals surface area contributed by atoms with Crippen LogP contribution in [0.3, 0.4) is 0 Å². The summed E-state index contributed by atoms with van der Waals surface area (Å²) in [4.78, 5) is 2.39. The molecule has 21 heavy (non-hydrogen) atoms. The molecule has 1 aliphatic heterocycles. The van der Waals surface area contributed by atoms with Gasteiger partial charge >= 0.3 is 0 Å². The normalized spacial score (nSPS) is 23.3. The fourth-order valence-corrected chi connectivity index (χ4v) is 3.18. The van der Waals surface area contributed by atoms with Crippen LogP contribution in [0.2, 0.25) is 0 Å². The van der Waals surface area contributed by atoms with Crippen molar-refractivity contribution in [2.24, 2.45) is 0 Å². The minimum absolute atomic E-state index is 0.240. The fourth-order valence-electron chi connectivity index (χ4n) is 3.18. The van der Waals surface area contributed by atoms with Gasteiger partial charge in [-0.05, 0) is 38.0 Å². The van der Waals surface area contributed by atoms with Crippen LogP contribution in [-0.2, 0) is 6.54 Å². The Hall–Kier alpha value is -1.65. The average molecular weight is 285 g/mol. The van der Waals surface area contributed by atoms with E-state index < -0.39 is 0 Å². The molecule has 2 aromatic rings. The Kier molecular flexibility index (Phi) is 4.36. The van der Waals surface area contributed by atoms with Gasteiger partial charge in [0.05, 0.1) is 18.0 Å². The van der Waals surface area contributed by atoms with Crippen LogP contribution in [0.15, 0.2) is 42.6 Å². The summed E-state index contributed by atoms with van der Waals surface area (Å²) in [7, 11) is 0. The molecular weight excluding hydrogens is 262 g/mol. The Morgan fingerprint density at radius 1 is 1.19 bits per heavy atom. The zero-order valence-electron chi connectivity index (χ0n) is 12.5. The zero-order chi connectivity index (χ0) is 14.7. The van der Waals surface area contributed by atoms with Gasteiger partial charge < -0.3 is 5.11 Å². The molecule has 1 saturated heterocycles. The van der Waals surface area contributed by atoms with Gasteiger partial charge in [-0.15, -0.1) is 0 Å². The number of para-hydroxylation sites is 1. The summed E-state index contributed by atoms with van der Waals surface area (Å²) in [6.07, 6.45) is 5.50. The molecule has 0 radical (unpaired) electrons. The summed E-state index contributed by atoms with van der Waals surface area (Å²) in [5.74, 6) is 0. The first kappa shape index (κ1) is 14.3. The molecule has 4 heteroatoms. The second kappa shape index (κ2) is 6.41. The molecule has 0 bridgehead atoms. The van der Waals surface area contributed by atoms with Gasteiger partial charge in [-0.2, -0.15) is 5.10 Å². The maximum atomic E-state index is 9.57. The summed E-state index contributed by atoms with van der Waals surface area (Å²) >= 11 is 0. The Bertz CT molecular complexity index is 566. The lowest BCUT2D eigenvalue weighted by atomic mass is 9.96. The van der Waals surface area contributed by atoms with Gasteiger partial charge in [0.2, 0.25) is 0 Å². The molecule has 4 nitrogen and oxygen atoms in total. The second-order valence-corrected chi connectivity index (χ2v) is 5.88. The third-order valence-electron chi connectivity index (χ3n) is 4.41. The average Bonchev–Trinajstić information content (AvgIpc) is 2.99. The monoisotopic (exact) mass is 285 g/mol. The lowest BCUT2D eigenvalue weighted by molar-refractivity contribution is 0.0441. The van der Waals surface area contributed by atoms with E-state index in [2.05, 4.69) is 35.1 Å². The van der Waals surface area contributed by atoms with E-state index in [1.165, 1.54) is 12.8 Å². The van der Waals surface area contributed by atoms with Crippen molar-refractivity contribution in [3.05, 3.63) is 48.3 Å². The molecule has 0 aliphatic carbocycles. The smallest absolute Gasteiger partial charge is 0.0769 e.